The fourth-order valence-electron chi connectivity index (χ4n) is 0.976. The van der Waals surface area contributed by atoms with E-state index < -0.39 is 5.97 Å². The molecule has 0 unspecified atom stereocenters. The summed E-state index contributed by atoms with van der Waals surface area (Å²) in [6, 6.07) is 1.31. The topological polar surface area (TPSA) is 68.7 Å². The smallest absolute Gasteiger partial charge is 0.345 e. The zero-order valence-corrected chi connectivity index (χ0v) is 8.33. The summed E-state index contributed by atoms with van der Waals surface area (Å²) in [6.07, 6.45) is 0. The van der Waals surface area contributed by atoms with E-state index in [0.717, 1.165) is 0 Å². The van der Waals surface area contributed by atoms with Crippen molar-refractivity contribution in [1.29, 1.82) is 0 Å². The van der Waals surface area contributed by atoms with Crippen molar-refractivity contribution >= 4 is 17.6 Å². The van der Waals surface area contributed by atoms with Gasteiger partial charge in [0.2, 0.25) is 5.88 Å². The largest absolute Gasteiger partial charge is 0.496 e. The van der Waals surface area contributed by atoms with Crippen LogP contribution < -0.4 is 9.47 Å². The summed E-state index contributed by atoms with van der Waals surface area (Å²) >= 11 is 5.62. The molecule has 0 saturated heterocycles. The molecule has 0 aliphatic heterocycles. The second kappa shape index (κ2) is 4.15. The summed E-state index contributed by atoms with van der Waals surface area (Å²) in [5.74, 6) is -1.13. The molecule has 0 atom stereocenters. The molecule has 0 saturated carbocycles. The summed E-state index contributed by atoms with van der Waals surface area (Å²) < 4.78 is 9.62. The minimum absolute atomic E-state index is 0.0677. The SMILES string of the molecule is COc1cc(Cl)nc(OC)c1C(=O)O. The van der Waals surface area contributed by atoms with Crippen LogP contribution in [0.5, 0.6) is 11.6 Å². The van der Waals surface area contributed by atoms with Gasteiger partial charge in [0.25, 0.3) is 0 Å². The summed E-state index contributed by atoms with van der Waals surface area (Å²) in [7, 11) is 2.65. The second-order valence-electron chi connectivity index (χ2n) is 2.34. The monoisotopic (exact) mass is 217 g/mol. The molecule has 0 bridgehead atoms. The molecule has 1 rings (SSSR count). The van der Waals surface area contributed by atoms with Crippen LogP contribution in [0.2, 0.25) is 5.15 Å². The fourth-order valence-corrected chi connectivity index (χ4v) is 1.15. The van der Waals surface area contributed by atoms with Crippen molar-refractivity contribution in [2.75, 3.05) is 14.2 Å². The van der Waals surface area contributed by atoms with Gasteiger partial charge in [-0.15, -0.1) is 0 Å². The van der Waals surface area contributed by atoms with Gasteiger partial charge in [-0.05, 0) is 0 Å². The van der Waals surface area contributed by atoms with Crippen LogP contribution in [0.1, 0.15) is 10.4 Å². The maximum absolute atomic E-state index is 10.8. The van der Waals surface area contributed by atoms with E-state index in [-0.39, 0.29) is 22.3 Å². The predicted molar refractivity (Wildman–Crippen MR) is 49.3 cm³/mol. The van der Waals surface area contributed by atoms with Gasteiger partial charge in [0.05, 0.1) is 14.2 Å². The van der Waals surface area contributed by atoms with Gasteiger partial charge in [-0.25, -0.2) is 9.78 Å². The van der Waals surface area contributed by atoms with Crippen molar-refractivity contribution < 1.29 is 19.4 Å². The predicted octanol–water partition coefficient (Wildman–Crippen LogP) is 1.45. The molecule has 76 valence electrons. The van der Waals surface area contributed by atoms with E-state index in [4.69, 9.17) is 26.2 Å². The van der Waals surface area contributed by atoms with Crippen LogP contribution in [0, 0.1) is 0 Å². The zero-order valence-electron chi connectivity index (χ0n) is 7.57. The third kappa shape index (κ3) is 1.88. The molecule has 0 spiro atoms. The molecule has 0 aliphatic carbocycles. The standard InChI is InChI=1S/C8H8ClNO4/c1-13-4-3-5(9)10-7(14-2)6(4)8(11)12/h3H,1-2H3,(H,11,12). The molecule has 1 aromatic heterocycles. The quantitative estimate of drug-likeness (QED) is 0.776. The first-order valence-corrected chi connectivity index (χ1v) is 3.99. The molecule has 1 N–H and O–H groups in total. The second-order valence-corrected chi connectivity index (χ2v) is 2.72. The van der Waals surface area contributed by atoms with Gasteiger partial charge in [0.15, 0.2) is 5.56 Å². The van der Waals surface area contributed by atoms with Gasteiger partial charge in [-0.3, -0.25) is 0 Å². The van der Waals surface area contributed by atoms with Crippen LogP contribution in [0.15, 0.2) is 6.07 Å². The lowest BCUT2D eigenvalue weighted by molar-refractivity contribution is 0.0688. The number of hydrogen-bond donors (Lipinski definition) is 1. The van der Waals surface area contributed by atoms with Crippen LogP contribution in [0.25, 0.3) is 0 Å². The number of aromatic nitrogens is 1. The van der Waals surface area contributed by atoms with Gasteiger partial charge in [-0.1, -0.05) is 11.6 Å². The number of ether oxygens (including phenoxy) is 2. The Kier molecular flexibility index (Phi) is 3.14. The fraction of sp³-hybridized carbons (Fsp3) is 0.250. The first kappa shape index (κ1) is 10.6. The summed E-state index contributed by atoms with van der Waals surface area (Å²) in [4.78, 5) is 14.5. The molecule has 6 heteroatoms. The van der Waals surface area contributed by atoms with E-state index in [2.05, 4.69) is 4.98 Å². The highest BCUT2D eigenvalue weighted by Gasteiger charge is 2.19. The van der Waals surface area contributed by atoms with Crippen molar-refractivity contribution in [2.24, 2.45) is 0 Å². The molecule has 0 aliphatic rings. The first-order valence-electron chi connectivity index (χ1n) is 3.62. The number of aromatic carboxylic acids is 1. The molecule has 0 aromatic carbocycles. The Morgan fingerprint density at radius 3 is 2.57 bits per heavy atom. The number of carbonyl (C=O) groups is 1. The Labute approximate surface area is 85.2 Å². The van der Waals surface area contributed by atoms with Crippen molar-refractivity contribution in [2.45, 2.75) is 0 Å². The van der Waals surface area contributed by atoms with Crippen LogP contribution in [-0.2, 0) is 0 Å². The number of hydrogen-bond acceptors (Lipinski definition) is 4. The lowest BCUT2D eigenvalue weighted by Gasteiger charge is -2.08. The highest BCUT2D eigenvalue weighted by molar-refractivity contribution is 6.29. The molecular formula is C8H8ClNO4. The normalized spacial score (nSPS) is 9.64. The summed E-state index contributed by atoms with van der Waals surface area (Å²) in [5.41, 5.74) is -0.139. The number of nitrogens with zero attached hydrogens (tertiary/aromatic N) is 1. The maximum atomic E-state index is 10.8. The number of carboxylic acid groups (broad SMARTS) is 1. The average molecular weight is 218 g/mol. The number of halogens is 1. The van der Waals surface area contributed by atoms with E-state index in [9.17, 15) is 4.79 Å². The minimum atomic E-state index is -1.18. The van der Waals surface area contributed by atoms with Gasteiger partial charge < -0.3 is 14.6 Å². The Balaban J connectivity index is 3.40. The Morgan fingerprint density at radius 1 is 1.50 bits per heavy atom. The Bertz CT molecular complexity index is 341. The molecular weight excluding hydrogens is 210 g/mol. The molecule has 1 heterocycles. The van der Waals surface area contributed by atoms with Gasteiger partial charge in [0.1, 0.15) is 10.9 Å². The van der Waals surface area contributed by atoms with Gasteiger partial charge in [0, 0.05) is 6.07 Å². The molecule has 14 heavy (non-hydrogen) atoms. The average Bonchev–Trinajstić information content (AvgIpc) is 2.15. The third-order valence-electron chi connectivity index (χ3n) is 1.55. The van der Waals surface area contributed by atoms with Crippen LogP contribution >= 0.6 is 11.6 Å². The maximum Gasteiger partial charge on any atom is 0.345 e. The molecule has 5 nitrogen and oxygen atoms in total. The lowest BCUT2D eigenvalue weighted by Crippen LogP contribution is -2.05. The third-order valence-corrected chi connectivity index (χ3v) is 1.74. The van der Waals surface area contributed by atoms with Crippen LogP contribution in [-0.4, -0.2) is 30.3 Å². The van der Waals surface area contributed by atoms with Crippen LogP contribution in [0.4, 0.5) is 0 Å². The Morgan fingerprint density at radius 2 is 2.14 bits per heavy atom. The molecule has 0 fully saturated rings. The van der Waals surface area contributed by atoms with Gasteiger partial charge in [-0.2, -0.15) is 0 Å². The van der Waals surface area contributed by atoms with E-state index >= 15 is 0 Å². The van der Waals surface area contributed by atoms with Crippen molar-refractivity contribution in [3.63, 3.8) is 0 Å². The van der Waals surface area contributed by atoms with E-state index in [1.54, 1.807) is 0 Å². The molecule has 0 amide bonds. The summed E-state index contributed by atoms with van der Waals surface area (Å²) in [6.45, 7) is 0. The Hall–Kier alpha value is -1.49. The molecule has 0 radical (unpaired) electrons. The first-order chi connectivity index (χ1) is 6.60. The molecule has 1 aromatic rings. The van der Waals surface area contributed by atoms with Crippen molar-refractivity contribution in [1.82, 2.24) is 4.98 Å². The minimum Gasteiger partial charge on any atom is -0.496 e. The highest BCUT2D eigenvalue weighted by Crippen LogP contribution is 2.29. The number of carboxylic acids is 1. The van der Waals surface area contributed by atoms with E-state index in [0.29, 0.717) is 0 Å². The van der Waals surface area contributed by atoms with Crippen molar-refractivity contribution in [3.8, 4) is 11.6 Å². The van der Waals surface area contributed by atoms with E-state index in [1.807, 2.05) is 0 Å². The number of rotatable bonds is 3. The zero-order chi connectivity index (χ0) is 10.7. The summed E-state index contributed by atoms with van der Waals surface area (Å²) in [5, 5.41) is 8.97. The number of methoxy groups -OCH3 is 2. The van der Waals surface area contributed by atoms with Gasteiger partial charge >= 0.3 is 5.97 Å². The van der Waals surface area contributed by atoms with Crippen LogP contribution in [0.3, 0.4) is 0 Å². The lowest BCUT2D eigenvalue weighted by atomic mass is 10.2. The van der Waals surface area contributed by atoms with E-state index in [1.165, 1.54) is 20.3 Å². The number of pyridine rings is 1. The highest BCUT2D eigenvalue weighted by atomic mass is 35.5. The van der Waals surface area contributed by atoms with Crippen molar-refractivity contribution in [3.05, 3.63) is 16.8 Å².